The molecule has 3 heteroatoms. The number of benzene rings is 7. The summed E-state index contributed by atoms with van der Waals surface area (Å²) in [6.07, 6.45) is 5.09. The number of hydrogen-bond donors (Lipinski definition) is 0. The van der Waals surface area contributed by atoms with Crippen LogP contribution >= 0.6 is 0 Å². The second-order valence-electron chi connectivity index (χ2n) is 17.7. The number of hydrogen-bond acceptors (Lipinski definition) is 2. The summed E-state index contributed by atoms with van der Waals surface area (Å²) in [5.41, 5.74) is 13.3. The molecular formula is C51H44N2O. The number of aromatic nitrogens is 2. The molecule has 0 N–H and O–H groups in total. The first-order valence-electron chi connectivity index (χ1n) is 19.6. The Morgan fingerprint density at radius 3 is 2.13 bits per heavy atom. The Morgan fingerprint density at radius 2 is 1.30 bits per heavy atom. The summed E-state index contributed by atoms with van der Waals surface area (Å²) in [5.74, 6) is 0.894. The Hall–Kier alpha value is -5.67. The van der Waals surface area contributed by atoms with E-state index in [1.807, 2.05) is 0 Å². The van der Waals surface area contributed by atoms with Crippen molar-refractivity contribution in [2.45, 2.75) is 76.5 Å². The maximum atomic E-state index is 6.95. The normalized spacial score (nSPS) is 19.8. The summed E-state index contributed by atoms with van der Waals surface area (Å²) in [6.45, 7) is 12.0. The summed E-state index contributed by atoms with van der Waals surface area (Å²) < 4.78 is 9.39. The summed E-state index contributed by atoms with van der Waals surface area (Å²) in [4.78, 5) is 5.46. The van der Waals surface area contributed by atoms with E-state index >= 15 is 0 Å². The van der Waals surface area contributed by atoms with Crippen LogP contribution in [0, 0.1) is 0 Å². The molecule has 3 aliphatic rings. The number of fused-ring (bicyclic) bond motifs is 9. The average molecular weight is 701 g/mol. The third-order valence-corrected chi connectivity index (χ3v) is 13.3. The van der Waals surface area contributed by atoms with Crippen molar-refractivity contribution in [2.75, 3.05) is 0 Å². The van der Waals surface area contributed by atoms with Gasteiger partial charge in [0.15, 0.2) is 0 Å². The number of rotatable bonds is 3. The largest absolute Gasteiger partial charge is 0.455 e. The van der Waals surface area contributed by atoms with Gasteiger partial charge >= 0.3 is 0 Å². The Balaban J connectivity index is 1.20. The molecule has 3 aliphatic carbocycles. The van der Waals surface area contributed by atoms with Gasteiger partial charge in [0, 0.05) is 16.3 Å². The highest BCUT2D eigenvalue weighted by atomic mass is 16.3. The van der Waals surface area contributed by atoms with Crippen molar-refractivity contribution in [3.05, 3.63) is 144 Å². The Labute approximate surface area is 316 Å². The van der Waals surface area contributed by atoms with Gasteiger partial charge in [0.05, 0.1) is 22.3 Å². The molecule has 0 spiro atoms. The van der Waals surface area contributed by atoms with Gasteiger partial charge in [-0.3, -0.25) is 4.57 Å². The van der Waals surface area contributed by atoms with Crippen LogP contribution in [-0.2, 0) is 16.2 Å². The van der Waals surface area contributed by atoms with Crippen LogP contribution in [0.2, 0.25) is 0 Å². The molecule has 0 saturated heterocycles. The first-order valence-corrected chi connectivity index (χ1v) is 19.6. The van der Waals surface area contributed by atoms with E-state index in [-0.39, 0.29) is 16.2 Å². The molecule has 2 bridgehead atoms. The lowest BCUT2D eigenvalue weighted by Gasteiger charge is -2.52. The summed E-state index contributed by atoms with van der Waals surface area (Å²) in [7, 11) is 0. The lowest BCUT2D eigenvalue weighted by atomic mass is 9.52. The third kappa shape index (κ3) is 4.45. The van der Waals surface area contributed by atoms with E-state index in [4.69, 9.17) is 9.40 Å². The molecule has 12 rings (SSSR count). The molecule has 0 atom stereocenters. The highest BCUT2D eigenvalue weighted by Crippen LogP contribution is 2.57. The standard InChI is InChI=1S/C51H44N2O/c1-49(2,3)41-17-11-14-35(33-22-23-40-42(29-33)51(5)26-24-50(40,4)25-27-51)46(41)53-44-19-9-8-18-43(44)52-48(53)37-16-10-15-36-39-28-32-21-20-31-12-6-7-13-34(31)38(32)30-45(39)54-47(36)37/h6-23,28-30H,24-27H2,1-5H3. The number of para-hydroxylation sites is 4. The van der Waals surface area contributed by atoms with Crippen molar-refractivity contribution in [2.24, 2.45) is 0 Å². The lowest BCUT2D eigenvalue weighted by molar-refractivity contribution is 0.188. The Bertz CT molecular complexity index is 3010. The first kappa shape index (κ1) is 31.8. The molecule has 0 radical (unpaired) electrons. The van der Waals surface area contributed by atoms with Crippen molar-refractivity contribution in [1.82, 2.24) is 9.55 Å². The van der Waals surface area contributed by atoms with Gasteiger partial charge in [-0.1, -0.05) is 132 Å². The smallest absolute Gasteiger partial charge is 0.149 e. The van der Waals surface area contributed by atoms with Crippen molar-refractivity contribution in [1.29, 1.82) is 0 Å². The molecule has 1 fully saturated rings. The minimum atomic E-state index is -0.130. The molecule has 264 valence electrons. The zero-order valence-corrected chi connectivity index (χ0v) is 31.8. The van der Waals surface area contributed by atoms with Gasteiger partial charge in [0.2, 0.25) is 0 Å². The molecule has 3 nitrogen and oxygen atoms in total. The second kappa shape index (κ2) is 10.9. The van der Waals surface area contributed by atoms with Crippen molar-refractivity contribution < 1.29 is 4.42 Å². The molecular weight excluding hydrogens is 657 g/mol. The van der Waals surface area contributed by atoms with Crippen LogP contribution in [0.1, 0.15) is 77.0 Å². The highest BCUT2D eigenvalue weighted by molar-refractivity contribution is 6.17. The van der Waals surface area contributed by atoms with E-state index in [2.05, 4.69) is 167 Å². The highest BCUT2D eigenvalue weighted by Gasteiger charge is 2.47. The van der Waals surface area contributed by atoms with Gasteiger partial charge in [0.25, 0.3) is 0 Å². The first-order chi connectivity index (χ1) is 26.1. The maximum absolute atomic E-state index is 6.95. The third-order valence-electron chi connectivity index (χ3n) is 13.3. The fourth-order valence-electron chi connectivity index (χ4n) is 10.2. The fraction of sp³-hybridized carbons (Fsp3) is 0.235. The van der Waals surface area contributed by atoms with E-state index in [1.165, 1.54) is 69.6 Å². The van der Waals surface area contributed by atoms with E-state index < -0.39 is 0 Å². The molecule has 0 unspecified atom stereocenters. The molecule has 9 aromatic rings. The van der Waals surface area contributed by atoms with Crippen molar-refractivity contribution in [3.63, 3.8) is 0 Å². The van der Waals surface area contributed by atoms with Crippen LogP contribution in [0.25, 0.3) is 82.7 Å². The van der Waals surface area contributed by atoms with Crippen LogP contribution in [0.5, 0.6) is 0 Å². The van der Waals surface area contributed by atoms with E-state index in [9.17, 15) is 0 Å². The SMILES string of the molecule is CC(C)(C)c1cccc(-c2ccc3c(c2)C2(C)CCC3(C)CC2)c1-n1c(-c2cccc3c2oc2cc4c(ccc5ccccc54)cc23)nc2ccccc21. The number of nitrogens with zero attached hydrogens (tertiary/aromatic N) is 2. The van der Waals surface area contributed by atoms with Crippen LogP contribution in [-0.4, -0.2) is 9.55 Å². The maximum Gasteiger partial charge on any atom is 0.149 e. The van der Waals surface area contributed by atoms with Crippen LogP contribution in [0.4, 0.5) is 0 Å². The molecule has 2 aromatic heterocycles. The van der Waals surface area contributed by atoms with Crippen LogP contribution in [0.15, 0.2) is 132 Å². The van der Waals surface area contributed by atoms with Gasteiger partial charge in [-0.25, -0.2) is 4.98 Å². The zero-order chi connectivity index (χ0) is 36.6. The summed E-state index contributed by atoms with van der Waals surface area (Å²) in [6, 6.07) is 47.0. The van der Waals surface area contributed by atoms with Crippen molar-refractivity contribution in [3.8, 4) is 28.2 Å². The van der Waals surface area contributed by atoms with Gasteiger partial charge < -0.3 is 4.42 Å². The molecule has 2 heterocycles. The van der Waals surface area contributed by atoms with Gasteiger partial charge in [0.1, 0.15) is 17.0 Å². The van der Waals surface area contributed by atoms with Crippen LogP contribution < -0.4 is 0 Å². The molecule has 0 amide bonds. The van der Waals surface area contributed by atoms with E-state index in [1.54, 1.807) is 11.1 Å². The Morgan fingerprint density at radius 1 is 0.593 bits per heavy atom. The molecule has 0 aliphatic heterocycles. The minimum absolute atomic E-state index is 0.130. The minimum Gasteiger partial charge on any atom is -0.455 e. The topological polar surface area (TPSA) is 31.0 Å². The summed E-state index contributed by atoms with van der Waals surface area (Å²) in [5, 5.41) is 7.12. The summed E-state index contributed by atoms with van der Waals surface area (Å²) >= 11 is 0. The number of imidazole rings is 1. The predicted octanol–water partition coefficient (Wildman–Crippen LogP) is 14.0. The van der Waals surface area contributed by atoms with Crippen LogP contribution in [0.3, 0.4) is 0 Å². The van der Waals surface area contributed by atoms with Crippen molar-refractivity contribution >= 4 is 54.5 Å². The van der Waals surface area contributed by atoms with E-state index in [0.29, 0.717) is 0 Å². The van der Waals surface area contributed by atoms with Gasteiger partial charge in [-0.05, 0) is 116 Å². The number of furan rings is 1. The molecule has 54 heavy (non-hydrogen) atoms. The Kier molecular flexibility index (Phi) is 6.45. The monoisotopic (exact) mass is 700 g/mol. The fourth-order valence-corrected chi connectivity index (χ4v) is 10.2. The molecule has 1 saturated carbocycles. The van der Waals surface area contributed by atoms with Gasteiger partial charge in [-0.15, -0.1) is 0 Å². The predicted molar refractivity (Wildman–Crippen MR) is 226 cm³/mol. The van der Waals surface area contributed by atoms with E-state index in [0.717, 1.165) is 44.4 Å². The average Bonchev–Trinajstić information content (AvgIpc) is 3.75. The lowest BCUT2D eigenvalue weighted by Crippen LogP contribution is -2.44. The zero-order valence-electron chi connectivity index (χ0n) is 31.8. The quantitative estimate of drug-likeness (QED) is 0.172. The van der Waals surface area contributed by atoms with Gasteiger partial charge in [-0.2, -0.15) is 0 Å². The molecule has 7 aromatic carbocycles. The second-order valence-corrected chi connectivity index (χ2v) is 17.7.